The van der Waals surface area contributed by atoms with Crippen molar-refractivity contribution in [2.75, 3.05) is 12.8 Å². The fraction of sp³-hybridized carbons (Fsp3) is 0.133. The molecule has 2 rings (SSSR count). The molecule has 5 heteroatoms. The number of amides is 1. The highest BCUT2D eigenvalue weighted by Crippen LogP contribution is 2.21. The van der Waals surface area contributed by atoms with Gasteiger partial charge >= 0.3 is 0 Å². The first-order chi connectivity index (χ1) is 9.60. The van der Waals surface area contributed by atoms with Crippen molar-refractivity contribution >= 4 is 27.5 Å². The maximum Gasteiger partial charge on any atom is 0.251 e. The third-order valence-corrected chi connectivity index (χ3v) is 3.38. The van der Waals surface area contributed by atoms with Crippen molar-refractivity contribution in [1.82, 2.24) is 5.32 Å². The number of carbonyl (C=O) groups is 1. The molecule has 0 atom stereocenters. The summed E-state index contributed by atoms with van der Waals surface area (Å²) in [6, 6.07) is 12.5. The Morgan fingerprint density at radius 1 is 1.25 bits per heavy atom. The summed E-state index contributed by atoms with van der Waals surface area (Å²) in [4.78, 5) is 12.0. The van der Waals surface area contributed by atoms with Gasteiger partial charge in [0.05, 0.1) is 7.11 Å². The molecule has 20 heavy (non-hydrogen) atoms. The predicted octanol–water partition coefficient (Wildman–Crippen LogP) is 2.97. The summed E-state index contributed by atoms with van der Waals surface area (Å²) in [7, 11) is 1.59. The molecule has 0 spiro atoms. The van der Waals surface area contributed by atoms with Crippen LogP contribution in [0.4, 0.5) is 5.69 Å². The van der Waals surface area contributed by atoms with Crippen LogP contribution in [-0.4, -0.2) is 13.0 Å². The maximum atomic E-state index is 12.0. The van der Waals surface area contributed by atoms with E-state index in [2.05, 4.69) is 21.2 Å². The molecule has 0 aliphatic rings. The van der Waals surface area contributed by atoms with E-state index in [1.807, 2.05) is 12.1 Å². The lowest BCUT2D eigenvalue weighted by Crippen LogP contribution is -2.23. The second-order valence-electron chi connectivity index (χ2n) is 4.26. The number of anilines is 1. The Balaban J connectivity index is 2.06. The molecule has 104 valence electrons. The topological polar surface area (TPSA) is 64.3 Å². The molecular weight excluding hydrogens is 320 g/mol. The van der Waals surface area contributed by atoms with Gasteiger partial charge in [-0.15, -0.1) is 0 Å². The molecule has 2 aromatic carbocycles. The van der Waals surface area contributed by atoms with Gasteiger partial charge < -0.3 is 15.8 Å². The van der Waals surface area contributed by atoms with E-state index in [0.29, 0.717) is 23.5 Å². The first-order valence-corrected chi connectivity index (χ1v) is 6.85. The maximum absolute atomic E-state index is 12.0. The van der Waals surface area contributed by atoms with Gasteiger partial charge in [0, 0.05) is 27.8 Å². The Morgan fingerprint density at radius 2 is 1.95 bits per heavy atom. The van der Waals surface area contributed by atoms with E-state index in [4.69, 9.17) is 10.5 Å². The molecule has 3 N–H and O–H groups in total. The number of nitrogens with one attached hydrogen (secondary N) is 1. The molecule has 0 radical (unpaired) electrons. The normalized spacial score (nSPS) is 10.1. The highest BCUT2D eigenvalue weighted by atomic mass is 79.9. The minimum Gasteiger partial charge on any atom is -0.496 e. The molecule has 0 saturated heterocycles. The Morgan fingerprint density at radius 3 is 2.60 bits per heavy atom. The zero-order valence-electron chi connectivity index (χ0n) is 11.0. The van der Waals surface area contributed by atoms with Gasteiger partial charge in [0.25, 0.3) is 5.91 Å². The summed E-state index contributed by atoms with van der Waals surface area (Å²) < 4.78 is 6.18. The van der Waals surface area contributed by atoms with Crippen molar-refractivity contribution in [3.05, 3.63) is 58.1 Å². The minimum absolute atomic E-state index is 0.137. The zero-order chi connectivity index (χ0) is 14.5. The molecule has 0 fully saturated rings. The number of hydrogen-bond acceptors (Lipinski definition) is 3. The molecule has 0 aliphatic carbocycles. The van der Waals surface area contributed by atoms with Crippen LogP contribution in [-0.2, 0) is 6.54 Å². The number of ether oxygens (including phenoxy) is 1. The third kappa shape index (κ3) is 3.51. The molecule has 2 aromatic rings. The molecule has 1 amide bonds. The van der Waals surface area contributed by atoms with E-state index in [0.717, 1.165) is 10.0 Å². The number of carbonyl (C=O) groups excluding carboxylic acids is 1. The van der Waals surface area contributed by atoms with Crippen molar-refractivity contribution in [3.63, 3.8) is 0 Å². The Hall–Kier alpha value is -2.01. The fourth-order valence-corrected chi connectivity index (χ4v) is 2.08. The van der Waals surface area contributed by atoms with Crippen LogP contribution in [0.3, 0.4) is 0 Å². The lowest BCUT2D eigenvalue weighted by Gasteiger charge is -2.10. The first kappa shape index (κ1) is 14.4. The molecule has 0 bridgehead atoms. The Kier molecular flexibility index (Phi) is 4.63. The number of hydrogen-bond donors (Lipinski definition) is 2. The van der Waals surface area contributed by atoms with Gasteiger partial charge in [0.1, 0.15) is 5.75 Å². The van der Waals surface area contributed by atoms with Gasteiger partial charge in [-0.05, 0) is 42.5 Å². The highest BCUT2D eigenvalue weighted by Gasteiger charge is 2.08. The summed E-state index contributed by atoms with van der Waals surface area (Å²) >= 11 is 3.33. The number of methoxy groups -OCH3 is 1. The largest absolute Gasteiger partial charge is 0.496 e. The van der Waals surface area contributed by atoms with E-state index in [1.54, 1.807) is 37.4 Å². The van der Waals surface area contributed by atoms with E-state index >= 15 is 0 Å². The fourth-order valence-electron chi connectivity index (χ4n) is 1.82. The smallest absolute Gasteiger partial charge is 0.251 e. The van der Waals surface area contributed by atoms with E-state index in [1.165, 1.54) is 0 Å². The number of rotatable bonds is 4. The van der Waals surface area contributed by atoms with Gasteiger partial charge in [-0.2, -0.15) is 0 Å². The number of nitrogens with two attached hydrogens (primary N) is 1. The summed E-state index contributed by atoms with van der Waals surface area (Å²) in [6.45, 7) is 0.364. The quantitative estimate of drug-likeness (QED) is 0.845. The molecular formula is C15H15BrN2O2. The lowest BCUT2D eigenvalue weighted by molar-refractivity contribution is 0.0950. The molecule has 4 nitrogen and oxygen atoms in total. The van der Waals surface area contributed by atoms with Crippen molar-refractivity contribution < 1.29 is 9.53 Å². The van der Waals surface area contributed by atoms with Crippen LogP contribution in [0.1, 0.15) is 15.9 Å². The molecule has 0 heterocycles. The molecule has 0 aliphatic heterocycles. The van der Waals surface area contributed by atoms with Crippen LogP contribution in [0.15, 0.2) is 46.9 Å². The molecule has 0 aromatic heterocycles. The van der Waals surface area contributed by atoms with Crippen LogP contribution in [0.25, 0.3) is 0 Å². The van der Waals surface area contributed by atoms with Gasteiger partial charge in [0.15, 0.2) is 0 Å². The van der Waals surface area contributed by atoms with Crippen LogP contribution < -0.4 is 15.8 Å². The van der Waals surface area contributed by atoms with E-state index in [9.17, 15) is 4.79 Å². The predicted molar refractivity (Wildman–Crippen MR) is 82.7 cm³/mol. The first-order valence-electron chi connectivity index (χ1n) is 6.06. The monoisotopic (exact) mass is 334 g/mol. The second-order valence-corrected chi connectivity index (χ2v) is 5.18. The van der Waals surface area contributed by atoms with Gasteiger partial charge in [-0.1, -0.05) is 15.9 Å². The minimum atomic E-state index is -0.137. The summed E-state index contributed by atoms with van der Waals surface area (Å²) in [5.74, 6) is 0.567. The summed E-state index contributed by atoms with van der Waals surface area (Å²) in [6.07, 6.45) is 0. The van der Waals surface area contributed by atoms with E-state index in [-0.39, 0.29) is 5.91 Å². The number of benzene rings is 2. The third-order valence-electron chi connectivity index (χ3n) is 2.85. The zero-order valence-corrected chi connectivity index (χ0v) is 12.6. The van der Waals surface area contributed by atoms with Crippen LogP contribution in [0.5, 0.6) is 5.75 Å². The lowest BCUT2D eigenvalue weighted by atomic mass is 10.1. The summed E-state index contributed by atoms with van der Waals surface area (Å²) in [5, 5.41) is 2.85. The highest BCUT2D eigenvalue weighted by molar-refractivity contribution is 9.10. The molecule has 0 saturated carbocycles. The average Bonchev–Trinajstić information content (AvgIpc) is 2.45. The number of halogens is 1. The van der Waals surface area contributed by atoms with Gasteiger partial charge in [-0.25, -0.2) is 0 Å². The SMILES string of the molecule is COc1ccc(N)cc1CNC(=O)c1ccc(Br)cc1. The Labute approximate surface area is 126 Å². The number of nitrogen functional groups attached to an aromatic ring is 1. The average molecular weight is 335 g/mol. The van der Waals surface area contributed by atoms with Crippen molar-refractivity contribution in [2.45, 2.75) is 6.54 Å². The van der Waals surface area contributed by atoms with Crippen molar-refractivity contribution in [3.8, 4) is 5.75 Å². The Bertz CT molecular complexity index is 612. The second kappa shape index (κ2) is 6.43. The van der Waals surface area contributed by atoms with Gasteiger partial charge in [-0.3, -0.25) is 4.79 Å². The molecule has 0 unspecified atom stereocenters. The van der Waals surface area contributed by atoms with E-state index < -0.39 is 0 Å². The van der Waals surface area contributed by atoms with Crippen LogP contribution >= 0.6 is 15.9 Å². The van der Waals surface area contributed by atoms with Crippen LogP contribution in [0, 0.1) is 0 Å². The van der Waals surface area contributed by atoms with Gasteiger partial charge in [0.2, 0.25) is 0 Å². The standard InChI is InChI=1S/C15H15BrN2O2/c1-20-14-7-6-13(17)8-11(14)9-18-15(19)10-2-4-12(16)5-3-10/h2-8H,9,17H2,1H3,(H,18,19). The van der Waals surface area contributed by atoms with Crippen LogP contribution in [0.2, 0.25) is 0 Å². The van der Waals surface area contributed by atoms with Crippen molar-refractivity contribution in [1.29, 1.82) is 0 Å². The summed E-state index contributed by atoms with van der Waals surface area (Å²) in [5.41, 5.74) is 7.83. The van der Waals surface area contributed by atoms with Crippen molar-refractivity contribution in [2.24, 2.45) is 0 Å².